The fourth-order valence-corrected chi connectivity index (χ4v) is 2.90. The van der Waals surface area contributed by atoms with Crippen LogP contribution < -0.4 is 0 Å². The topological polar surface area (TPSA) is 33.2 Å². The van der Waals surface area contributed by atoms with Crippen molar-refractivity contribution < 1.29 is 4.79 Å². The number of nitrogens with zero attached hydrogens (tertiary/aromatic N) is 2. The van der Waals surface area contributed by atoms with Crippen LogP contribution in [0, 0.1) is 0 Å². The molecule has 2 aromatic heterocycles. The predicted octanol–water partition coefficient (Wildman–Crippen LogP) is 4.24. The molecule has 0 radical (unpaired) electrons. The molecule has 0 N–H and O–H groups in total. The molecule has 1 atom stereocenters. The Labute approximate surface area is 128 Å². The summed E-state index contributed by atoms with van der Waals surface area (Å²) in [6.45, 7) is 4.74. The molecular weight excluding hydrogens is 292 g/mol. The largest absolute Gasteiger partial charge is 0.331 e. The Morgan fingerprint density at radius 2 is 2.05 bits per heavy atom. The van der Waals surface area contributed by atoms with Gasteiger partial charge in [0.2, 0.25) is 0 Å². The molecule has 3 nitrogen and oxygen atoms in total. The fraction of sp³-hybridized carbons (Fsp3) is 0.333. The number of carbonyl (C=O) groups excluding carboxylic acids is 1. The summed E-state index contributed by atoms with van der Waals surface area (Å²) in [6, 6.07) is 7.60. The molecule has 20 heavy (non-hydrogen) atoms. The van der Waals surface area contributed by atoms with Gasteiger partial charge in [-0.3, -0.25) is 9.78 Å². The summed E-state index contributed by atoms with van der Waals surface area (Å²) in [5, 5.41) is 0. The Morgan fingerprint density at radius 1 is 1.35 bits per heavy atom. The van der Waals surface area contributed by atoms with Gasteiger partial charge in [0.1, 0.15) is 0 Å². The minimum Gasteiger partial charge on any atom is -0.331 e. The SMILES string of the molecule is CC[C@H](C)N(Cc1ccncc1)C(=O)c1ccc(Cl)s1. The lowest BCUT2D eigenvalue weighted by atomic mass is 10.1. The molecular formula is C15H17ClN2OS. The van der Waals surface area contributed by atoms with E-state index in [2.05, 4.69) is 18.8 Å². The highest BCUT2D eigenvalue weighted by molar-refractivity contribution is 7.17. The number of thiophene rings is 1. The number of hydrogen-bond acceptors (Lipinski definition) is 3. The maximum atomic E-state index is 12.6. The molecule has 1 amide bonds. The van der Waals surface area contributed by atoms with Crippen LogP contribution in [0.4, 0.5) is 0 Å². The first-order chi connectivity index (χ1) is 9.61. The van der Waals surface area contributed by atoms with Gasteiger partial charge >= 0.3 is 0 Å². The van der Waals surface area contributed by atoms with E-state index in [9.17, 15) is 4.79 Å². The van der Waals surface area contributed by atoms with E-state index in [-0.39, 0.29) is 11.9 Å². The predicted molar refractivity (Wildman–Crippen MR) is 83.2 cm³/mol. The molecule has 0 saturated heterocycles. The van der Waals surface area contributed by atoms with Crippen molar-refractivity contribution in [3.8, 4) is 0 Å². The second-order valence-corrected chi connectivity index (χ2v) is 6.36. The lowest BCUT2D eigenvalue weighted by Gasteiger charge is -2.28. The van der Waals surface area contributed by atoms with Crippen LogP contribution in [0.2, 0.25) is 4.34 Å². The number of halogens is 1. The Hall–Kier alpha value is -1.39. The van der Waals surface area contributed by atoms with Crippen LogP contribution in [0.5, 0.6) is 0 Å². The Bertz CT molecular complexity index is 570. The van der Waals surface area contributed by atoms with Crippen molar-refractivity contribution in [3.63, 3.8) is 0 Å². The molecule has 0 aliphatic heterocycles. The van der Waals surface area contributed by atoms with Gasteiger partial charge in [-0.25, -0.2) is 0 Å². The maximum absolute atomic E-state index is 12.6. The number of hydrogen-bond donors (Lipinski definition) is 0. The molecule has 0 aromatic carbocycles. The Morgan fingerprint density at radius 3 is 2.60 bits per heavy atom. The standard InChI is InChI=1S/C15H17ClN2OS/c1-3-11(2)18(10-12-6-8-17-9-7-12)15(19)13-4-5-14(16)20-13/h4-9,11H,3,10H2,1-2H3/t11-/m0/s1. The van der Waals surface area contributed by atoms with Gasteiger partial charge in [-0.1, -0.05) is 18.5 Å². The fourth-order valence-electron chi connectivity index (χ4n) is 1.90. The minimum atomic E-state index is 0.0352. The van der Waals surface area contributed by atoms with Crippen molar-refractivity contribution in [2.24, 2.45) is 0 Å². The normalized spacial score (nSPS) is 12.2. The number of amides is 1. The molecule has 0 bridgehead atoms. The highest BCUT2D eigenvalue weighted by Gasteiger charge is 2.22. The Kier molecular flexibility index (Phi) is 5.15. The van der Waals surface area contributed by atoms with Crippen LogP contribution >= 0.6 is 22.9 Å². The first kappa shape index (κ1) is 15.0. The second-order valence-electron chi connectivity index (χ2n) is 4.65. The molecule has 2 aromatic rings. The zero-order chi connectivity index (χ0) is 14.5. The lowest BCUT2D eigenvalue weighted by molar-refractivity contribution is 0.0676. The third-order valence-corrected chi connectivity index (χ3v) is 4.49. The van der Waals surface area contributed by atoms with Crippen molar-refractivity contribution in [2.45, 2.75) is 32.9 Å². The van der Waals surface area contributed by atoms with Gasteiger partial charge in [0.25, 0.3) is 5.91 Å². The summed E-state index contributed by atoms with van der Waals surface area (Å²) < 4.78 is 0.640. The third-order valence-electron chi connectivity index (χ3n) is 3.27. The van der Waals surface area contributed by atoms with E-state index >= 15 is 0 Å². The maximum Gasteiger partial charge on any atom is 0.264 e. The van der Waals surface area contributed by atoms with Gasteiger partial charge < -0.3 is 4.90 Å². The number of carbonyl (C=O) groups is 1. The van der Waals surface area contributed by atoms with Crippen LogP contribution in [0.3, 0.4) is 0 Å². The van der Waals surface area contributed by atoms with Crippen LogP contribution in [-0.4, -0.2) is 21.8 Å². The summed E-state index contributed by atoms with van der Waals surface area (Å²) in [5.41, 5.74) is 1.08. The van der Waals surface area contributed by atoms with Gasteiger partial charge in [0, 0.05) is 25.0 Å². The van der Waals surface area contributed by atoms with Gasteiger partial charge in [-0.15, -0.1) is 11.3 Å². The second kappa shape index (κ2) is 6.86. The molecule has 5 heteroatoms. The van der Waals surface area contributed by atoms with Crippen molar-refractivity contribution >= 4 is 28.8 Å². The molecule has 2 heterocycles. The molecule has 0 aliphatic carbocycles. The highest BCUT2D eigenvalue weighted by atomic mass is 35.5. The summed E-state index contributed by atoms with van der Waals surface area (Å²) in [5.74, 6) is 0.0352. The molecule has 106 valence electrons. The average molecular weight is 309 g/mol. The van der Waals surface area contributed by atoms with E-state index in [1.54, 1.807) is 24.5 Å². The number of aromatic nitrogens is 1. The van der Waals surface area contributed by atoms with Gasteiger partial charge in [0.05, 0.1) is 9.21 Å². The van der Waals surface area contributed by atoms with E-state index in [4.69, 9.17) is 11.6 Å². The van der Waals surface area contributed by atoms with Gasteiger partial charge in [-0.05, 0) is 43.2 Å². The molecule has 0 spiro atoms. The summed E-state index contributed by atoms with van der Waals surface area (Å²) in [7, 11) is 0. The number of pyridine rings is 1. The molecule has 0 aliphatic rings. The van der Waals surface area contributed by atoms with E-state index in [0.717, 1.165) is 12.0 Å². The summed E-state index contributed by atoms with van der Waals surface area (Å²) in [4.78, 5) is 19.2. The highest BCUT2D eigenvalue weighted by Crippen LogP contribution is 2.24. The van der Waals surface area contributed by atoms with Crippen molar-refractivity contribution in [2.75, 3.05) is 0 Å². The average Bonchev–Trinajstić information content (AvgIpc) is 2.91. The molecule has 0 fully saturated rings. The molecule has 0 saturated carbocycles. The van der Waals surface area contributed by atoms with E-state index in [1.165, 1.54) is 11.3 Å². The number of rotatable bonds is 5. The zero-order valence-corrected chi connectivity index (χ0v) is 13.1. The lowest BCUT2D eigenvalue weighted by Crippen LogP contribution is -2.37. The summed E-state index contributed by atoms with van der Waals surface area (Å²) in [6.07, 6.45) is 4.41. The first-order valence-corrected chi connectivity index (χ1v) is 7.76. The van der Waals surface area contributed by atoms with Crippen LogP contribution in [0.1, 0.15) is 35.5 Å². The minimum absolute atomic E-state index is 0.0352. The monoisotopic (exact) mass is 308 g/mol. The van der Waals surface area contributed by atoms with E-state index < -0.39 is 0 Å². The molecule has 0 unspecified atom stereocenters. The Balaban J connectivity index is 2.21. The van der Waals surface area contributed by atoms with Gasteiger partial charge in [-0.2, -0.15) is 0 Å². The van der Waals surface area contributed by atoms with Crippen LogP contribution in [0.25, 0.3) is 0 Å². The van der Waals surface area contributed by atoms with E-state index in [0.29, 0.717) is 15.8 Å². The van der Waals surface area contributed by atoms with Crippen molar-refractivity contribution in [1.82, 2.24) is 9.88 Å². The van der Waals surface area contributed by atoms with Crippen LogP contribution in [0.15, 0.2) is 36.7 Å². The van der Waals surface area contributed by atoms with Gasteiger partial charge in [0.15, 0.2) is 0 Å². The van der Waals surface area contributed by atoms with Crippen molar-refractivity contribution in [3.05, 3.63) is 51.4 Å². The quantitative estimate of drug-likeness (QED) is 0.828. The smallest absolute Gasteiger partial charge is 0.264 e. The van der Waals surface area contributed by atoms with Crippen molar-refractivity contribution in [1.29, 1.82) is 0 Å². The zero-order valence-electron chi connectivity index (χ0n) is 11.5. The summed E-state index contributed by atoms with van der Waals surface area (Å²) >= 11 is 7.25. The van der Waals surface area contributed by atoms with Crippen LogP contribution in [-0.2, 0) is 6.54 Å². The first-order valence-electron chi connectivity index (χ1n) is 6.57. The molecule has 2 rings (SSSR count). The van der Waals surface area contributed by atoms with E-state index in [1.807, 2.05) is 17.0 Å². The third kappa shape index (κ3) is 3.58.